The van der Waals surface area contributed by atoms with E-state index in [0.717, 1.165) is 6.42 Å². The van der Waals surface area contributed by atoms with Crippen molar-refractivity contribution >= 4 is 0 Å². The van der Waals surface area contributed by atoms with Gasteiger partial charge in [-0.05, 0) is 25.5 Å². The third-order valence-corrected chi connectivity index (χ3v) is 1.20. The standard InChI is InChI=1S/C9H14O/c1-3-5-7-9(8-10)6-4-2/h3-4,7,9-10H,2,6,8H2,1H3. The molecule has 0 aliphatic carbocycles. The van der Waals surface area contributed by atoms with Crippen molar-refractivity contribution in [2.45, 2.75) is 13.3 Å². The fourth-order valence-corrected chi connectivity index (χ4v) is 0.642. The van der Waals surface area contributed by atoms with Crippen LogP contribution in [0.15, 0.2) is 30.5 Å². The number of rotatable bonds is 4. The number of aliphatic hydroxyl groups excluding tert-OH is 1. The normalized spacial score (nSPS) is 11.4. The maximum Gasteiger partial charge on any atom is 0.0502 e. The van der Waals surface area contributed by atoms with Crippen molar-refractivity contribution in [2.75, 3.05) is 6.61 Å². The van der Waals surface area contributed by atoms with Gasteiger partial charge in [0.05, 0.1) is 6.61 Å². The van der Waals surface area contributed by atoms with Crippen molar-refractivity contribution in [3.63, 3.8) is 0 Å². The first kappa shape index (κ1) is 9.22. The largest absolute Gasteiger partial charge is 0.396 e. The summed E-state index contributed by atoms with van der Waals surface area (Å²) in [5.41, 5.74) is 2.93. The van der Waals surface area contributed by atoms with Gasteiger partial charge in [-0.15, -0.1) is 12.3 Å². The summed E-state index contributed by atoms with van der Waals surface area (Å²) in [5, 5.41) is 8.75. The maximum absolute atomic E-state index is 8.75. The zero-order valence-electron chi connectivity index (χ0n) is 6.38. The van der Waals surface area contributed by atoms with Crippen LogP contribution in [0.4, 0.5) is 0 Å². The van der Waals surface area contributed by atoms with Crippen LogP contribution < -0.4 is 0 Å². The van der Waals surface area contributed by atoms with Crippen LogP contribution in [0.25, 0.3) is 0 Å². The first-order chi connectivity index (χ1) is 4.85. The molecule has 10 heavy (non-hydrogen) atoms. The molecule has 0 heterocycles. The van der Waals surface area contributed by atoms with Gasteiger partial charge < -0.3 is 5.11 Å². The zero-order valence-corrected chi connectivity index (χ0v) is 6.38. The van der Waals surface area contributed by atoms with Gasteiger partial charge in [-0.2, -0.15) is 0 Å². The van der Waals surface area contributed by atoms with E-state index in [4.69, 9.17) is 5.11 Å². The Morgan fingerprint density at radius 2 is 2.40 bits per heavy atom. The summed E-state index contributed by atoms with van der Waals surface area (Å²) >= 11 is 0. The van der Waals surface area contributed by atoms with Crippen molar-refractivity contribution in [2.24, 2.45) is 5.92 Å². The number of allylic oxidation sites excluding steroid dienone is 1. The molecular formula is C9H14O. The Labute approximate surface area is 62.4 Å². The first-order valence-electron chi connectivity index (χ1n) is 3.44. The SMILES string of the molecule is C=CCC(C=C=CC)CO. The summed E-state index contributed by atoms with van der Waals surface area (Å²) in [6.07, 6.45) is 6.31. The predicted molar refractivity (Wildman–Crippen MR) is 43.7 cm³/mol. The Hall–Kier alpha value is -0.780. The Balaban J connectivity index is 3.81. The summed E-state index contributed by atoms with van der Waals surface area (Å²) in [6, 6.07) is 0. The van der Waals surface area contributed by atoms with Crippen molar-refractivity contribution in [1.82, 2.24) is 0 Å². The maximum atomic E-state index is 8.75. The molecule has 56 valence electrons. The highest BCUT2D eigenvalue weighted by molar-refractivity contribution is 4.90. The number of hydrogen-bond acceptors (Lipinski definition) is 1. The quantitative estimate of drug-likeness (QED) is 0.464. The highest BCUT2D eigenvalue weighted by atomic mass is 16.3. The highest BCUT2D eigenvalue weighted by Crippen LogP contribution is 2.02. The van der Waals surface area contributed by atoms with Crippen LogP contribution in [0.1, 0.15) is 13.3 Å². The lowest BCUT2D eigenvalue weighted by molar-refractivity contribution is 0.254. The van der Waals surface area contributed by atoms with E-state index >= 15 is 0 Å². The molecule has 0 fully saturated rings. The molecule has 1 heteroatoms. The topological polar surface area (TPSA) is 20.2 Å². The molecule has 0 amide bonds. The molecule has 1 nitrogen and oxygen atoms in total. The predicted octanol–water partition coefficient (Wildman–Crippen LogP) is 1.90. The van der Waals surface area contributed by atoms with Gasteiger partial charge in [0.25, 0.3) is 0 Å². The van der Waals surface area contributed by atoms with Gasteiger partial charge in [0.2, 0.25) is 0 Å². The second kappa shape index (κ2) is 6.34. The highest BCUT2D eigenvalue weighted by Gasteiger charge is 1.97. The molecule has 1 unspecified atom stereocenters. The molecule has 0 aromatic carbocycles. The first-order valence-corrected chi connectivity index (χ1v) is 3.44. The van der Waals surface area contributed by atoms with E-state index in [1.807, 2.05) is 19.1 Å². The average Bonchev–Trinajstić information content (AvgIpc) is 1.98. The summed E-state index contributed by atoms with van der Waals surface area (Å²) in [4.78, 5) is 0. The van der Waals surface area contributed by atoms with E-state index in [9.17, 15) is 0 Å². The molecule has 0 spiro atoms. The Morgan fingerprint density at radius 1 is 1.70 bits per heavy atom. The summed E-state index contributed by atoms with van der Waals surface area (Å²) in [6.45, 7) is 5.66. The van der Waals surface area contributed by atoms with Crippen LogP contribution in [-0.4, -0.2) is 11.7 Å². The third-order valence-electron chi connectivity index (χ3n) is 1.20. The Bertz CT molecular complexity index is 141. The van der Waals surface area contributed by atoms with Crippen LogP contribution in [0.3, 0.4) is 0 Å². The van der Waals surface area contributed by atoms with Gasteiger partial charge in [0.15, 0.2) is 0 Å². The third kappa shape index (κ3) is 4.13. The molecule has 0 saturated carbocycles. The van der Waals surface area contributed by atoms with Gasteiger partial charge in [-0.1, -0.05) is 6.08 Å². The molecule has 0 saturated heterocycles. The molecule has 0 radical (unpaired) electrons. The van der Waals surface area contributed by atoms with Crippen LogP contribution in [-0.2, 0) is 0 Å². The van der Waals surface area contributed by atoms with E-state index in [1.165, 1.54) is 0 Å². The smallest absolute Gasteiger partial charge is 0.0502 e. The van der Waals surface area contributed by atoms with Gasteiger partial charge in [-0.25, -0.2) is 0 Å². The summed E-state index contributed by atoms with van der Waals surface area (Å²) in [5.74, 6) is 0.189. The summed E-state index contributed by atoms with van der Waals surface area (Å²) < 4.78 is 0. The van der Waals surface area contributed by atoms with E-state index in [-0.39, 0.29) is 12.5 Å². The molecule has 0 aliphatic heterocycles. The monoisotopic (exact) mass is 138 g/mol. The molecular weight excluding hydrogens is 124 g/mol. The second-order valence-corrected chi connectivity index (χ2v) is 2.09. The van der Waals surface area contributed by atoms with Gasteiger partial charge >= 0.3 is 0 Å². The lowest BCUT2D eigenvalue weighted by Crippen LogP contribution is -1.99. The number of hydrogen-bond donors (Lipinski definition) is 1. The van der Waals surface area contributed by atoms with Crippen LogP contribution >= 0.6 is 0 Å². The molecule has 0 aromatic rings. The van der Waals surface area contributed by atoms with Crippen LogP contribution in [0, 0.1) is 5.92 Å². The van der Waals surface area contributed by atoms with E-state index in [2.05, 4.69) is 12.3 Å². The fourth-order valence-electron chi connectivity index (χ4n) is 0.642. The van der Waals surface area contributed by atoms with Crippen LogP contribution in [0.5, 0.6) is 0 Å². The molecule has 1 N–H and O–H groups in total. The Morgan fingerprint density at radius 3 is 2.80 bits per heavy atom. The van der Waals surface area contributed by atoms with Crippen molar-refractivity contribution < 1.29 is 5.11 Å². The van der Waals surface area contributed by atoms with Crippen molar-refractivity contribution in [3.8, 4) is 0 Å². The molecule has 0 aromatic heterocycles. The van der Waals surface area contributed by atoms with Gasteiger partial charge in [-0.3, -0.25) is 0 Å². The minimum absolute atomic E-state index is 0.173. The molecule has 1 atom stereocenters. The number of aliphatic hydroxyl groups is 1. The van der Waals surface area contributed by atoms with Crippen LogP contribution in [0.2, 0.25) is 0 Å². The molecule has 0 bridgehead atoms. The molecule has 0 aliphatic rings. The Kier molecular flexibility index (Phi) is 5.85. The molecule has 0 rings (SSSR count). The van der Waals surface area contributed by atoms with E-state index in [0.29, 0.717) is 0 Å². The minimum Gasteiger partial charge on any atom is -0.396 e. The van der Waals surface area contributed by atoms with E-state index < -0.39 is 0 Å². The van der Waals surface area contributed by atoms with Crippen molar-refractivity contribution in [1.29, 1.82) is 0 Å². The fraction of sp³-hybridized carbons (Fsp3) is 0.444. The van der Waals surface area contributed by atoms with Crippen molar-refractivity contribution in [3.05, 3.63) is 30.5 Å². The minimum atomic E-state index is 0.173. The van der Waals surface area contributed by atoms with E-state index in [1.54, 1.807) is 6.08 Å². The zero-order chi connectivity index (χ0) is 7.82. The lowest BCUT2D eigenvalue weighted by atomic mass is 10.1. The van der Waals surface area contributed by atoms with Gasteiger partial charge in [0.1, 0.15) is 0 Å². The summed E-state index contributed by atoms with van der Waals surface area (Å²) in [7, 11) is 0. The average molecular weight is 138 g/mol. The van der Waals surface area contributed by atoms with Gasteiger partial charge in [0, 0.05) is 5.92 Å². The second-order valence-electron chi connectivity index (χ2n) is 2.09. The lowest BCUT2D eigenvalue weighted by Gasteiger charge is -2.01.